The fraction of sp³-hybridized carbons (Fsp3) is 0.857. The van der Waals surface area contributed by atoms with E-state index in [4.69, 9.17) is 10.9 Å². The number of rotatable bonds is 3. The third-order valence-corrected chi connectivity index (χ3v) is 4.88. The van der Waals surface area contributed by atoms with Crippen molar-refractivity contribution in [3.63, 3.8) is 0 Å². The van der Waals surface area contributed by atoms with Crippen molar-refractivity contribution in [2.24, 2.45) is 22.2 Å². The van der Waals surface area contributed by atoms with E-state index < -0.39 is 0 Å². The Bertz CT molecular complexity index is 354. The zero-order chi connectivity index (χ0) is 13.9. The van der Waals surface area contributed by atoms with Crippen LogP contribution in [-0.4, -0.2) is 34.9 Å². The second-order valence-electron chi connectivity index (χ2n) is 6.28. The quantitative estimate of drug-likeness (QED) is 0.355. The van der Waals surface area contributed by atoms with Gasteiger partial charge in [0.1, 0.15) is 5.84 Å². The molecule has 19 heavy (non-hydrogen) atoms. The molecule has 0 atom stereocenters. The minimum atomic E-state index is -0.265. The van der Waals surface area contributed by atoms with Gasteiger partial charge in [0.2, 0.25) is 5.91 Å². The number of likely N-dealkylation sites (tertiary alicyclic amines) is 1. The zero-order valence-corrected chi connectivity index (χ0v) is 11.8. The summed E-state index contributed by atoms with van der Waals surface area (Å²) in [5.41, 5.74) is 5.47. The number of amides is 1. The van der Waals surface area contributed by atoms with E-state index in [1.54, 1.807) is 0 Å². The monoisotopic (exact) mass is 267 g/mol. The number of carbonyl (C=O) groups is 1. The average molecular weight is 267 g/mol. The number of piperidine rings is 1. The topological polar surface area (TPSA) is 78.9 Å². The van der Waals surface area contributed by atoms with Gasteiger partial charge in [0.05, 0.1) is 0 Å². The molecule has 1 saturated carbocycles. The van der Waals surface area contributed by atoms with Crippen molar-refractivity contribution < 1.29 is 10.0 Å². The van der Waals surface area contributed by atoms with Crippen LogP contribution in [0.3, 0.4) is 0 Å². The average Bonchev–Trinajstić information content (AvgIpc) is 2.91. The summed E-state index contributed by atoms with van der Waals surface area (Å²) < 4.78 is 0. The van der Waals surface area contributed by atoms with Crippen LogP contribution in [0.15, 0.2) is 5.16 Å². The van der Waals surface area contributed by atoms with E-state index in [9.17, 15) is 4.79 Å². The van der Waals surface area contributed by atoms with E-state index in [1.807, 2.05) is 11.8 Å². The van der Waals surface area contributed by atoms with Crippen LogP contribution < -0.4 is 5.73 Å². The van der Waals surface area contributed by atoms with Crippen molar-refractivity contribution >= 4 is 11.7 Å². The van der Waals surface area contributed by atoms with Gasteiger partial charge >= 0.3 is 0 Å². The smallest absolute Gasteiger partial charge is 0.222 e. The third-order valence-electron chi connectivity index (χ3n) is 4.88. The summed E-state index contributed by atoms with van der Waals surface area (Å²) in [5, 5.41) is 11.9. The van der Waals surface area contributed by atoms with Crippen molar-refractivity contribution in [3.8, 4) is 0 Å². The molecule has 0 unspecified atom stereocenters. The Labute approximate surface area is 114 Å². The molecule has 5 heteroatoms. The Morgan fingerprint density at radius 2 is 1.95 bits per heavy atom. The minimum absolute atomic E-state index is 0.265. The second-order valence-corrected chi connectivity index (χ2v) is 6.28. The summed E-state index contributed by atoms with van der Waals surface area (Å²) in [7, 11) is 0. The Kier molecular flexibility index (Phi) is 4.32. The van der Waals surface area contributed by atoms with Crippen LogP contribution in [0.25, 0.3) is 0 Å². The van der Waals surface area contributed by atoms with Crippen molar-refractivity contribution in [2.75, 3.05) is 13.1 Å². The molecule has 0 aromatic heterocycles. The van der Waals surface area contributed by atoms with Crippen LogP contribution in [0, 0.1) is 11.3 Å². The Hall–Kier alpha value is -1.26. The molecular formula is C14H25N3O2. The van der Waals surface area contributed by atoms with Gasteiger partial charge in [-0.3, -0.25) is 4.79 Å². The van der Waals surface area contributed by atoms with E-state index in [-0.39, 0.29) is 17.2 Å². The Morgan fingerprint density at radius 3 is 2.47 bits per heavy atom. The summed E-state index contributed by atoms with van der Waals surface area (Å²) >= 11 is 0. The summed E-state index contributed by atoms with van der Waals surface area (Å²) in [5.74, 6) is 1.17. The van der Waals surface area contributed by atoms with Crippen molar-refractivity contribution in [1.29, 1.82) is 0 Å². The molecule has 0 radical (unpaired) electrons. The normalized spacial score (nSPS) is 24.7. The van der Waals surface area contributed by atoms with E-state index >= 15 is 0 Å². The molecule has 0 bridgehead atoms. The summed E-state index contributed by atoms with van der Waals surface area (Å²) in [6.45, 7) is 3.44. The molecule has 1 saturated heterocycles. The minimum Gasteiger partial charge on any atom is -0.409 e. The molecular weight excluding hydrogens is 242 g/mol. The van der Waals surface area contributed by atoms with Gasteiger partial charge in [-0.15, -0.1) is 0 Å². The highest BCUT2D eigenvalue weighted by Gasteiger charge is 2.36. The molecule has 2 aliphatic rings. The van der Waals surface area contributed by atoms with Gasteiger partial charge < -0.3 is 15.8 Å². The largest absolute Gasteiger partial charge is 0.409 e. The standard InChI is InChI=1S/C14H25N3O2/c1-14(13(15)16-19)6-8-17(9-7-14)12(18)10-11-4-2-3-5-11/h11,19H,2-10H2,1H3,(H2,15,16). The van der Waals surface area contributed by atoms with Gasteiger partial charge in [0.15, 0.2) is 0 Å². The molecule has 1 aliphatic heterocycles. The second kappa shape index (κ2) is 5.80. The highest BCUT2D eigenvalue weighted by atomic mass is 16.4. The van der Waals surface area contributed by atoms with Crippen LogP contribution in [0.1, 0.15) is 51.9 Å². The van der Waals surface area contributed by atoms with Crippen LogP contribution in [0.2, 0.25) is 0 Å². The highest BCUT2D eigenvalue weighted by Crippen LogP contribution is 2.33. The predicted octanol–water partition coefficient (Wildman–Crippen LogP) is 1.94. The predicted molar refractivity (Wildman–Crippen MR) is 73.9 cm³/mol. The summed E-state index contributed by atoms with van der Waals surface area (Å²) in [4.78, 5) is 14.2. The number of nitrogens with two attached hydrogens (primary N) is 1. The van der Waals surface area contributed by atoms with Gasteiger partial charge in [0, 0.05) is 24.9 Å². The number of hydrogen-bond acceptors (Lipinski definition) is 3. The molecule has 0 aromatic rings. The number of hydrogen-bond donors (Lipinski definition) is 2. The van der Waals surface area contributed by atoms with Gasteiger partial charge in [-0.05, 0) is 31.6 Å². The SMILES string of the molecule is CC1(C(N)=NO)CCN(C(=O)CC2CCCC2)CC1. The molecule has 2 fully saturated rings. The molecule has 1 aliphatic carbocycles. The number of oxime groups is 1. The molecule has 0 aromatic carbocycles. The zero-order valence-electron chi connectivity index (χ0n) is 11.8. The first-order chi connectivity index (χ1) is 9.05. The fourth-order valence-corrected chi connectivity index (χ4v) is 3.22. The van der Waals surface area contributed by atoms with E-state index in [0.717, 1.165) is 25.9 Å². The molecule has 2 rings (SSSR count). The van der Waals surface area contributed by atoms with Crippen molar-refractivity contribution in [1.82, 2.24) is 4.90 Å². The van der Waals surface area contributed by atoms with E-state index in [1.165, 1.54) is 25.7 Å². The first kappa shape index (κ1) is 14.2. The lowest BCUT2D eigenvalue weighted by Gasteiger charge is -2.38. The van der Waals surface area contributed by atoms with Crippen LogP contribution in [-0.2, 0) is 4.79 Å². The first-order valence-corrected chi connectivity index (χ1v) is 7.31. The number of amidine groups is 1. The molecule has 0 spiro atoms. The number of carbonyl (C=O) groups excluding carboxylic acids is 1. The molecule has 3 N–H and O–H groups in total. The van der Waals surface area contributed by atoms with Gasteiger partial charge in [-0.25, -0.2) is 0 Å². The van der Waals surface area contributed by atoms with Gasteiger partial charge in [-0.2, -0.15) is 0 Å². The van der Waals surface area contributed by atoms with Crippen molar-refractivity contribution in [3.05, 3.63) is 0 Å². The third kappa shape index (κ3) is 3.19. The van der Waals surface area contributed by atoms with Crippen LogP contribution in [0.4, 0.5) is 0 Å². The lowest BCUT2D eigenvalue weighted by molar-refractivity contribution is -0.133. The molecule has 5 nitrogen and oxygen atoms in total. The van der Waals surface area contributed by atoms with Crippen LogP contribution >= 0.6 is 0 Å². The van der Waals surface area contributed by atoms with Gasteiger partial charge in [0.25, 0.3) is 0 Å². The molecule has 1 heterocycles. The maximum Gasteiger partial charge on any atom is 0.222 e. The van der Waals surface area contributed by atoms with E-state index in [0.29, 0.717) is 12.3 Å². The maximum atomic E-state index is 12.2. The summed E-state index contributed by atoms with van der Waals surface area (Å²) in [6.07, 6.45) is 7.24. The fourth-order valence-electron chi connectivity index (χ4n) is 3.22. The Morgan fingerprint density at radius 1 is 1.37 bits per heavy atom. The lowest BCUT2D eigenvalue weighted by Crippen LogP contribution is -2.47. The lowest BCUT2D eigenvalue weighted by atomic mass is 9.79. The highest BCUT2D eigenvalue weighted by molar-refractivity contribution is 5.86. The summed E-state index contributed by atoms with van der Waals surface area (Å²) in [6, 6.07) is 0. The van der Waals surface area contributed by atoms with Crippen molar-refractivity contribution in [2.45, 2.75) is 51.9 Å². The number of nitrogens with zero attached hydrogens (tertiary/aromatic N) is 2. The first-order valence-electron chi connectivity index (χ1n) is 7.31. The van der Waals surface area contributed by atoms with E-state index in [2.05, 4.69) is 5.16 Å². The van der Waals surface area contributed by atoms with Crippen LogP contribution in [0.5, 0.6) is 0 Å². The van der Waals surface area contributed by atoms with Gasteiger partial charge in [-0.1, -0.05) is 24.9 Å². The maximum absolute atomic E-state index is 12.2. The molecule has 1 amide bonds. The molecule has 108 valence electrons. The Balaban J connectivity index is 1.83.